The molecule has 0 saturated heterocycles. The molecule has 140 valence electrons. The van der Waals surface area contributed by atoms with Crippen molar-refractivity contribution in [2.75, 3.05) is 13.2 Å². The van der Waals surface area contributed by atoms with Gasteiger partial charge in [-0.25, -0.2) is 9.59 Å². The molecule has 0 heterocycles. The fourth-order valence-electron chi connectivity index (χ4n) is 2.35. The highest BCUT2D eigenvalue weighted by Crippen LogP contribution is 2.11. The Kier molecular flexibility index (Phi) is 14.3. The summed E-state index contributed by atoms with van der Waals surface area (Å²) < 4.78 is 10.6. The van der Waals surface area contributed by atoms with Gasteiger partial charge in [0.15, 0.2) is 0 Å². The molecule has 0 aromatic heterocycles. The number of aliphatic hydroxyl groups is 2. The standard InChI is InChI=1S/C18H32O6/c1-3-7-15(9-5-13-19)23-17(21)11-12-18(22)24-16(8-4-2)10-6-14-20/h11-12,15-16,19-20H,3-10,13-14H2,1-2H3/b12-11+. The third kappa shape index (κ3) is 12.1. The molecule has 0 amide bonds. The molecular weight excluding hydrogens is 312 g/mol. The quantitative estimate of drug-likeness (QED) is 0.371. The van der Waals surface area contributed by atoms with Crippen LogP contribution in [0.15, 0.2) is 12.2 Å². The van der Waals surface area contributed by atoms with E-state index in [1.54, 1.807) is 0 Å². The predicted molar refractivity (Wildman–Crippen MR) is 91.4 cm³/mol. The van der Waals surface area contributed by atoms with Crippen molar-refractivity contribution in [1.29, 1.82) is 0 Å². The van der Waals surface area contributed by atoms with E-state index in [0.717, 1.165) is 37.8 Å². The van der Waals surface area contributed by atoms with Crippen molar-refractivity contribution in [2.24, 2.45) is 0 Å². The Labute approximate surface area is 144 Å². The van der Waals surface area contributed by atoms with Crippen molar-refractivity contribution in [1.82, 2.24) is 0 Å². The molecule has 24 heavy (non-hydrogen) atoms. The summed E-state index contributed by atoms with van der Waals surface area (Å²) in [5.41, 5.74) is 0. The van der Waals surface area contributed by atoms with Gasteiger partial charge in [-0.15, -0.1) is 0 Å². The number of ether oxygens (including phenoxy) is 2. The molecular formula is C18H32O6. The van der Waals surface area contributed by atoms with E-state index in [-0.39, 0.29) is 25.4 Å². The van der Waals surface area contributed by atoms with Crippen LogP contribution in [-0.2, 0) is 19.1 Å². The summed E-state index contributed by atoms with van der Waals surface area (Å²) in [5, 5.41) is 17.7. The fraction of sp³-hybridized carbons (Fsp3) is 0.778. The summed E-state index contributed by atoms with van der Waals surface area (Å²) in [5.74, 6) is -1.16. The first-order valence-corrected chi connectivity index (χ1v) is 8.88. The Bertz CT molecular complexity index is 333. The smallest absolute Gasteiger partial charge is 0.331 e. The van der Waals surface area contributed by atoms with Gasteiger partial charge >= 0.3 is 11.9 Å². The van der Waals surface area contributed by atoms with Crippen molar-refractivity contribution in [3.63, 3.8) is 0 Å². The molecule has 0 aliphatic rings. The van der Waals surface area contributed by atoms with Crippen LogP contribution in [0, 0.1) is 0 Å². The first-order valence-electron chi connectivity index (χ1n) is 8.88. The highest BCUT2D eigenvalue weighted by atomic mass is 16.5. The average molecular weight is 344 g/mol. The molecule has 0 saturated carbocycles. The lowest BCUT2D eigenvalue weighted by Crippen LogP contribution is -2.19. The third-order valence-electron chi connectivity index (χ3n) is 3.51. The molecule has 0 bridgehead atoms. The topological polar surface area (TPSA) is 93.1 Å². The van der Waals surface area contributed by atoms with E-state index < -0.39 is 11.9 Å². The summed E-state index contributed by atoms with van der Waals surface area (Å²) >= 11 is 0. The van der Waals surface area contributed by atoms with Crippen LogP contribution >= 0.6 is 0 Å². The summed E-state index contributed by atoms with van der Waals surface area (Å²) in [7, 11) is 0. The molecule has 0 aromatic carbocycles. The number of rotatable bonds is 14. The van der Waals surface area contributed by atoms with Gasteiger partial charge in [0.05, 0.1) is 0 Å². The minimum absolute atomic E-state index is 0.0621. The van der Waals surface area contributed by atoms with Gasteiger partial charge in [-0.1, -0.05) is 26.7 Å². The zero-order valence-electron chi connectivity index (χ0n) is 14.9. The van der Waals surface area contributed by atoms with Crippen molar-refractivity contribution in [3.05, 3.63) is 12.2 Å². The lowest BCUT2D eigenvalue weighted by atomic mass is 10.1. The normalized spacial score (nSPS) is 13.7. The lowest BCUT2D eigenvalue weighted by Gasteiger charge is -2.16. The molecule has 0 radical (unpaired) electrons. The first-order chi connectivity index (χ1) is 11.6. The Morgan fingerprint density at radius 3 is 1.46 bits per heavy atom. The van der Waals surface area contributed by atoms with Gasteiger partial charge in [-0.2, -0.15) is 0 Å². The molecule has 0 aromatic rings. The second kappa shape index (κ2) is 15.1. The average Bonchev–Trinajstić information content (AvgIpc) is 2.56. The number of hydrogen-bond acceptors (Lipinski definition) is 6. The van der Waals surface area contributed by atoms with Crippen LogP contribution in [0.1, 0.15) is 65.2 Å². The highest BCUT2D eigenvalue weighted by molar-refractivity contribution is 5.91. The SMILES string of the molecule is CCCC(CCCO)OC(=O)/C=C/C(=O)OC(CCC)CCCO. The molecule has 6 nitrogen and oxygen atoms in total. The fourth-order valence-corrected chi connectivity index (χ4v) is 2.35. The summed E-state index contributed by atoms with van der Waals surface area (Å²) in [6.45, 7) is 4.11. The van der Waals surface area contributed by atoms with Crippen LogP contribution in [-0.4, -0.2) is 47.6 Å². The molecule has 2 unspecified atom stereocenters. The second-order valence-electron chi connectivity index (χ2n) is 5.76. The van der Waals surface area contributed by atoms with Crippen molar-refractivity contribution >= 4 is 11.9 Å². The minimum atomic E-state index is -0.578. The van der Waals surface area contributed by atoms with Crippen molar-refractivity contribution < 1.29 is 29.3 Å². The molecule has 0 rings (SSSR count). The zero-order chi connectivity index (χ0) is 18.2. The number of hydrogen-bond donors (Lipinski definition) is 2. The van der Waals surface area contributed by atoms with Gasteiger partial charge < -0.3 is 19.7 Å². The van der Waals surface area contributed by atoms with Crippen LogP contribution in [0.5, 0.6) is 0 Å². The third-order valence-corrected chi connectivity index (χ3v) is 3.51. The number of esters is 2. The maximum Gasteiger partial charge on any atom is 0.331 e. The van der Waals surface area contributed by atoms with E-state index in [1.807, 2.05) is 13.8 Å². The van der Waals surface area contributed by atoms with E-state index in [1.165, 1.54) is 0 Å². The monoisotopic (exact) mass is 344 g/mol. The van der Waals surface area contributed by atoms with Crippen LogP contribution in [0.4, 0.5) is 0 Å². The summed E-state index contributed by atoms with van der Waals surface area (Å²) in [6.07, 6.45) is 7.24. The molecule has 2 N–H and O–H groups in total. The Morgan fingerprint density at radius 2 is 1.17 bits per heavy atom. The molecule has 0 aliphatic carbocycles. The number of aliphatic hydroxyl groups excluding tert-OH is 2. The number of carbonyl (C=O) groups excluding carboxylic acids is 2. The molecule has 0 aliphatic heterocycles. The predicted octanol–water partition coefficient (Wildman–Crippen LogP) is 2.51. The maximum absolute atomic E-state index is 11.8. The van der Waals surface area contributed by atoms with Gasteiger partial charge in [0.2, 0.25) is 0 Å². The lowest BCUT2D eigenvalue weighted by molar-refractivity contribution is -0.146. The molecule has 6 heteroatoms. The van der Waals surface area contributed by atoms with Gasteiger partial charge in [-0.05, 0) is 38.5 Å². The Morgan fingerprint density at radius 1 is 0.792 bits per heavy atom. The van der Waals surface area contributed by atoms with Crippen molar-refractivity contribution in [3.8, 4) is 0 Å². The molecule has 2 atom stereocenters. The van der Waals surface area contributed by atoms with Crippen LogP contribution in [0.25, 0.3) is 0 Å². The first kappa shape index (κ1) is 22.6. The van der Waals surface area contributed by atoms with E-state index in [2.05, 4.69) is 0 Å². The second-order valence-corrected chi connectivity index (χ2v) is 5.76. The van der Waals surface area contributed by atoms with E-state index in [0.29, 0.717) is 25.7 Å². The Balaban J connectivity index is 4.35. The maximum atomic E-state index is 11.8. The number of carbonyl (C=O) groups is 2. The largest absolute Gasteiger partial charge is 0.459 e. The van der Waals surface area contributed by atoms with Crippen LogP contribution < -0.4 is 0 Å². The minimum Gasteiger partial charge on any atom is -0.459 e. The van der Waals surface area contributed by atoms with E-state index in [4.69, 9.17) is 19.7 Å². The summed E-state index contributed by atoms with van der Waals surface area (Å²) in [4.78, 5) is 23.5. The van der Waals surface area contributed by atoms with Gasteiger partial charge in [0.25, 0.3) is 0 Å². The highest BCUT2D eigenvalue weighted by Gasteiger charge is 2.14. The zero-order valence-corrected chi connectivity index (χ0v) is 14.9. The molecule has 0 fully saturated rings. The van der Waals surface area contributed by atoms with Crippen molar-refractivity contribution in [2.45, 2.75) is 77.4 Å². The van der Waals surface area contributed by atoms with Gasteiger partial charge in [-0.3, -0.25) is 0 Å². The van der Waals surface area contributed by atoms with Gasteiger partial charge in [0, 0.05) is 25.4 Å². The van der Waals surface area contributed by atoms with Crippen LogP contribution in [0.3, 0.4) is 0 Å². The van der Waals surface area contributed by atoms with E-state index >= 15 is 0 Å². The summed E-state index contributed by atoms with van der Waals surface area (Å²) in [6, 6.07) is 0. The Hall–Kier alpha value is -1.40. The van der Waals surface area contributed by atoms with Gasteiger partial charge in [0.1, 0.15) is 12.2 Å². The van der Waals surface area contributed by atoms with Crippen LogP contribution in [0.2, 0.25) is 0 Å². The molecule has 0 spiro atoms. The van der Waals surface area contributed by atoms with E-state index in [9.17, 15) is 9.59 Å².